The summed E-state index contributed by atoms with van der Waals surface area (Å²) in [5, 5.41) is 16.9. The number of rotatable bonds is 2. The van der Waals surface area contributed by atoms with E-state index < -0.39 is 0 Å². The van der Waals surface area contributed by atoms with Crippen LogP contribution in [0.5, 0.6) is 5.75 Å². The predicted octanol–water partition coefficient (Wildman–Crippen LogP) is 3.91. The minimum absolute atomic E-state index is 0.110. The summed E-state index contributed by atoms with van der Waals surface area (Å²) in [4.78, 5) is 0. The molecule has 0 saturated carbocycles. The number of hydrogen-bond donors (Lipinski definition) is 3. The molecule has 1 aliphatic heterocycles. The van der Waals surface area contributed by atoms with E-state index >= 15 is 0 Å². The third-order valence-corrected chi connectivity index (χ3v) is 3.43. The van der Waals surface area contributed by atoms with Crippen molar-refractivity contribution >= 4 is 11.4 Å². The molecule has 0 fully saturated rings. The topological polar surface area (TPSA) is 44.3 Å². The van der Waals surface area contributed by atoms with Crippen LogP contribution >= 0.6 is 0 Å². The van der Waals surface area contributed by atoms with Gasteiger partial charge in [-0.1, -0.05) is 6.92 Å². The minimum Gasteiger partial charge on any atom is -0.506 e. The second-order valence-electron chi connectivity index (χ2n) is 6.37. The lowest BCUT2D eigenvalue weighted by Crippen LogP contribution is -2.36. The van der Waals surface area contributed by atoms with E-state index in [9.17, 15) is 5.11 Å². The molecule has 0 radical (unpaired) electrons. The van der Waals surface area contributed by atoms with Gasteiger partial charge in [0.05, 0.1) is 5.69 Å². The van der Waals surface area contributed by atoms with Gasteiger partial charge < -0.3 is 15.7 Å². The summed E-state index contributed by atoms with van der Waals surface area (Å²) in [7, 11) is 0. The van der Waals surface area contributed by atoms with Crippen molar-refractivity contribution in [2.24, 2.45) is 0 Å². The molecule has 1 heterocycles. The van der Waals surface area contributed by atoms with Crippen LogP contribution < -0.4 is 10.6 Å². The van der Waals surface area contributed by atoms with Gasteiger partial charge in [-0.3, -0.25) is 0 Å². The molecule has 0 aliphatic carbocycles. The Morgan fingerprint density at radius 1 is 1.39 bits per heavy atom. The zero-order chi connectivity index (χ0) is 13.5. The van der Waals surface area contributed by atoms with Crippen LogP contribution in [0.4, 0.5) is 11.4 Å². The SMILES string of the molecule is CC(C)Nc1cc2c(cc1O)C(C)CC(C)(C)N2. The lowest BCUT2D eigenvalue weighted by Gasteiger charge is -2.38. The highest BCUT2D eigenvalue weighted by Gasteiger charge is 2.30. The summed E-state index contributed by atoms with van der Waals surface area (Å²) in [5.41, 5.74) is 3.26. The van der Waals surface area contributed by atoms with Gasteiger partial charge in [0.25, 0.3) is 0 Å². The Bertz CT molecular complexity index is 452. The number of phenols is 1. The first-order chi connectivity index (χ1) is 8.28. The van der Waals surface area contributed by atoms with Crippen LogP contribution in [0.3, 0.4) is 0 Å². The number of fused-ring (bicyclic) bond motifs is 1. The van der Waals surface area contributed by atoms with Gasteiger partial charge in [-0.15, -0.1) is 0 Å². The summed E-state index contributed by atoms with van der Waals surface area (Å²) in [6.07, 6.45) is 1.08. The fraction of sp³-hybridized carbons (Fsp3) is 0.600. The second kappa shape index (κ2) is 4.38. The normalized spacial score (nSPS) is 21.3. The van der Waals surface area contributed by atoms with Crippen LogP contribution in [0.25, 0.3) is 0 Å². The van der Waals surface area contributed by atoms with E-state index in [1.54, 1.807) is 0 Å². The van der Waals surface area contributed by atoms with Gasteiger partial charge in [-0.05, 0) is 57.7 Å². The molecule has 1 unspecified atom stereocenters. The highest BCUT2D eigenvalue weighted by Crippen LogP contribution is 2.42. The number of hydrogen-bond acceptors (Lipinski definition) is 3. The van der Waals surface area contributed by atoms with Crippen molar-refractivity contribution in [1.29, 1.82) is 0 Å². The molecule has 0 saturated heterocycles. The maximum atomic E-state index is 10.1. The van der Waals surface area contributed by atoms with E-state index in [0.29, 0.717) is 17.7 Å². The quantitative estimate of drug-likeness (QED) is 0.549. The van der Waals surface area contributed by atoms with E-state index in [1.807, 2.05) is 12.1 Å². The molecule has 1 aromatic carbocycles. The number of benzene rings is 1. The van der Waals surface area contributed by atoms with Crippen LogP contribution in [-0.4, -0.2) is 16.7 Å². The molecule has 0 spiro atoms. The average molecular weight is 248 g/mol. The fourth-order valence-electron chi connectivity index (χ4n) is 2.84. The van der Waals surface area contributed by atoms with E-state index in [0.717, 1.165) is 17.8 Å². The van der Waals surface area contributed by atoms with Crippen molar-refractivity contribution in [1.82, 2.24) is 0 Å². The van der Waals surface area contributed by atoms with Gasteiger partial charge in [0.2, 0.25) is 0 Å². The van der Waals surface area contributed by atoms with Crippen LogP contribution in [0.2, 0.25) is 0 Å². The van der Waals surface area contributed by atoms with E-state index in [4.69, 9.17) is 0 Å². The molecule has 3 N–H and O–H groups in total. The zero-order valence-corrected chi connectivity index (χ0v) is 12.0. The standard InChI is InChI=1S/C15H24N2O/c1-9(2)16-13-7-12-11(6-14(13)18)10(3)8-15(4,5)17-12/h6-7,9-10,16-18H,8H2,1-5H3. The molecular weight excluding hydrogens is 224 g/mol. The number of nitrogens with one attached hydrogen (secondary N) is 2. The van der Waals surface area contributed by atoms with Gasteiger partial charge in [-0.2, -0.15) is 0 Å². The molecule has 2 rings (SSSR count). The van der Waals surface area contributed by atoms with Crippen LogP contribution in [0, 0.1) is 0 Å². The molecule has 100 valence electrons. The Morgan fingerprint density at radius 3 is 2.67 bits per heavy atom. The summed E-state index contributed by atoms with van der Waals surface area (Å²) in [6.45, 7) is 10.8. The first-order valence-corrected chi connectivity index (χ1v) is 6.70. The van der Waals surface area contributed by atoms with Crippen LogP contribution in [0.1, 0.15) is 52.5 Å². The summed E-state index contributed by atoms with van der Waals surface area (Å²) in [6, 6.07) is 4.23. The summed E-state index contributed by atoms with van der Waals surface area (Å²) >= 11 is 0. The molecule has 0 aromatic heterocycles. The second-order valence-corrected chi connectivity index (χ2v) is 6.37. The Labute approximate surface area is 110 Å². The molecule has 3 heteroatoms. The Hall–Kier alpha value is -1.38. The summed E-state index contributed by atoms with van der Waals surface area (Å²) in [5.74, 6) is 0.811. The largest absolute Gasteiger partial charge is 0.506 e. The molecule has 1 atom stereocenters. The molecular formula is C15H24N2O. The van der Waals surface area contributed by atoms with Crippen molar-refractivity contribution in [2.45, 2.75) is 58.5 Å². The molecule has 3 nitrogen and oxygen atoms in total. The number of aromatic hydroxyl groups is 1. The molecule has 18 heavy (non-hydrogen) atoms. The molecule has 0 amide bonds. The van der Waals surface area contributed by atoms with Crippen molar-refractivity contribution in [3.8, 4) is 5.75 Å². The maximum absolute atomic E-state index is 10.1. The monoisotopic (exact) mass is 248 g/mol. The smallest absolute Gasteiger partial charge is 0.139 e. The van der Waals surface area contributed by atoms with Gasteiger partial charge in [0.1, 0.15) is 5.75 Å². The molecule has 0 bridgehead atoms. The van der Waals surface area contributed by atoms with Crippen LogP contribution in [0.15, 0.2) is 12.1 Å². The van der Waals surface area contributed by atoms with E-state index in [1.165, 1.54) is 5.56 Å². The minimum atomic E-state index is 0.110. The van der Waals surface area contributed by atoms with Crippen molar-refractivity contribution in [3.05, 3.63) is 17.7 Å². The van der Waals surface area contributed by atoms with Gasteiger partial charge >= 0.3 is 0 Å². The Morgan fingerprint density at radius 2 is 2.06 bits per heavy atom. The predicted molar refractivity (Wildman–Crippen MR) is 77.6 cm³/mol. The third-order valence-electron chi connectivity index (χ3n) is 3.43. The molecule has 1 aromatic rings. The third kappa shape index (κ3) is 2.55. The average Bonchev–Trinajstić information content (AvgIpc) is 2.18. The first kappa shape index (κ1) is 13.1. The van der Waals surface area contributed by atoms with Gasteiger partial charge in [0, 0.05) is 17.3 Å². The Balaban J connectivity index is 2.41. The molecule has 1 aliphatic rings. The fourth-order valence-corrected chi connectivity index (χ4v) is 2.84. The van der Waals surface area contributed by atoms with Crippen molar-refractivity contribution < 1.29 is 5.11 Å². The first-order valence-electron chi connectivity index (χ1n) is 6.70. The highest BCUT2D eigenvalue weighted by molar-refractivity contribution is 5.70. The van der Waals surface area contributed by atoms with Crippen molar-refractivity contribution in [3.63, 3.8) is 0 Å². The Kier molecular flexibility index (Phi) is 3.18. The summed E-state index contributed by atoms with van der Waals surface area (Å²) < 4.78 is 0. The van der Waals surface area contributed by atoms with Gasteiger partial charge in [-0.25, -0.2) is 0 Å². The zero-order valence-electron chi connectivity index (χ0n) is 12.0. The van der Waals surface area contributed by atoms with Crippen molar-refractivity contribution in [2.75, 3.05) is 10.6 Å². The maximum Gasteiger partial charge on any atom is 0.139 e. The lowest BCUT2D eigenvalue weighted by molar-refractivity contribution is 0.446. The lowest BCUT2D eigenvalue weighted by atomic mass is 9.82. The van der Waals surface area contributed by atoms with E-state index in [2.05, 4.69) is 45.3 Å². The number of anilines is 2. The van der Waals surface area contributed by atoms with Crippen LogP contribution in [-0.2, 0) is 0 Å². The van der Waals surface area contributed by atoms with Gasteiger partial charge in [0.15, 0.2) is 0 Å². The van der Waals surface area contributed by atoms with E-state index in [-0.39, 0.29) is 5.54 Å². The number of phenolic OH excluding ortho intramolecular Hbond substituents is 1. The highest BCUT2D eigenvalue weighted by atomic mass is 16.3.